The summed E-state index contributed by atoms with van der Waals surface area (Å²) in [4.78, 5) is 22.1. The Morgan fingerprint density at radius 1 is 1.14 bits per heavy atom. The SMILES string of the molecule is CC.O=C(c1cn(Cc2ccc(Cl)cc2)c2ccccc12)c1nc(CNC2=CN=CCC2)cn1SF. The summed E-state index contributed by atoms with van der Waals surface area (Å²) in [5, 5.41) is 4.73. The number of hydrogen-bond acceptors (Lipinski definition) is 5. The summed E-state index contributed by atoms with van der Waals surface area (Å²) in [5.41, 5.74) is 4.02. The molecule has 2 aromatic carbocycles. The average molecular weight is 524 g/mol. The molecule has 0 saturated carbocycles. The van der Waals surface area contributed by atoms with Crippen LogP contribution in [0.5, 0.6) is 0 Å². The molecule has 3 heterocycles. The lowest BCUT2D eigenvalue weighted by atomic mass is 10.1. The predicted octanol–water partition coefficient (Wildman–Crippen LogP) is 6.97. The minimum Gasteiger partial charge on any atom is -0.381 e. The molecule has 5 rings (SSSR count). The molecule has 9 heteroatoms. The van der Waals surface area contributed by atoms with Gasteiger partial charge in [-0.3, -0.25) is 9.79 Å². The summed E-state index contributed by atoms with van der Waals surface area (Å²) >= 11 is 5.98. The highest BCUT2D eigenvalue weighted by Gasteiger charge is 2.23. The summed E-state index contributed by atoms with van der Waals surface area (Å²) in [6.07, 6.45) is 8.72. The first-order valence-corrected chi connectivity index (χ1v) is 12.9. The van der Waals surface area contributed by atoms with E-state index in [-0.39, 0.29) is 23.9 Å². The molecule has 2 aromatic heterocycles. The lowest BCUT2D eigenvalue weighted by Gasteiger charge is -2.09. The normalized spacial score (nSPS) is 12.7. The number of halogens is 2. The van der Waals surface area contributed by atoms with Crippen molar-refractivity contribution in [1.82, 2.24) is 18.8 Å². The number of imidazole rings is 1. The molecule has 1 aliphatic rings. The van der Waals surface area contributed by atoms with Crippen LogP contribution in [0, 0.1) is 0 Å². The van der Waals surface area contributed by atoms with Gasteiger partial charge in [0.25, 0.3) is 0 Å². The van der Waals surface area contributed by atoms with Gasteiger partial charge in [-0.25, -0.2) is 8.96 Å². The number of nitrogens with one attached hydrogen (secondary N) is 1. The Balaban J connectivity index is 0.00000148. The van der Waals surface area contributed by atoms with E-state index in [1.165, 1.54) is 3.97 Å². The van der Waals surface area contributed by atoms with Crippen LogP contribution < -0.4 is 5.32 Å². The summed E-state index contributed by atoms with van der Waals surface area (Å²) < 4.78 is 16.9. The first-order chi connectivity index (χ1) is 17.6. The summed E-state index contributed by atoms with van der Waals surface area (Å²) in [6.45, 7) is 4.96. The van der Waals surface area contributed by atoms with Gasteiger partial charge in [-0.05, 0) is 36.6 Å². The van der Waals surface area contributed by atoms with Gasteiger partial charge in [-0.15, -0.1) is 3.89 Å². The molecule has 1 aliphatic heterocycles. The van der Waals surface area contributed by atoms with Gasteiger partial charge in [0, 0.05) is 53.0 Å². The van der Waals surface area contributed by atoms with E-state index in [1.807, 2.05) is 79.4 Å². The topological polar surface area (TPSA) is 64.2 Å². The molecule has 6 nitrogen and oxygen atoms in total. The Kier molecular flexibility index (Phi) is 8.61. The molecule has 0 saturated heterocycles. The highest BCUT2D eigenvalue weighted by atomic mass is 35.5. The molecule has 0 aliphatic carbocycles. The number of para-hydroxylation sites is 1. The minimum absolute atomic E-state index is 0.0350. The predicted molar refractivity (Wildman–Crippen MR) is 146 cm³/mol. The van der Waals surface area contributed by atoms with Crippen molar-refractivity contribution >= 4 is 46.8 Å². The third-order valence-corrected chi connectivity index (χ3v) is 6.36. The number of nitrogens with zero attached hydrogens (tertiary/aromatic N) is 4. The molecular weight excluding hydrogens is 497 g/mol. The largest absolute Gasteiger partial charge is 0.381 e. The van der Waals surface area contributed by atoms with E-state index in [0.717, 1.165) is 35.0 Å². The van der Waals surface area contributed by atoms with Gasteiger partial charge in [-0.1, -0.05) is 55.8 Å². The third kappa shape index (κ3) is 5.71. The molecule has 0 fully saturated rings. The summed E-state index contributed by atoms with van der Waals surface area (Å²) in [5.74, 6) is -0.279. The van der Waals surface area contributed by atoms with Crippen molar-refractivity contribution in [3.63, 3.8) is 0 Å². The second-order valence-electron chi connectivity index (χ2n) is 7.97. The summed E-state index contributed by atoms with van der Waals surface area (Å²) in [6, 6.07) is 15.3. The second kappa shape index (κ2) is 12.1. The molecule has 0 amide bonds. The Labute approximate surface area is 219 Å². The smallest absolute Gasteiger partial charge is 0.231 e. The standard InChI is InChI=1S/C25H21ClFN5OS.C2H6/c26-18-9-7-17(8-10-18)14-31-16-22(21-5-1-2-6-23(21)31)24(33)25-30-20(15-32(25)34-27)13-29-19-4-3-11-28-12-19;1-2/h1-2,5-12,15-16,29H,3-4,13-14H2;1-2H3. The number of allylic oxidation sites excluding steroid dienone is 1. The first kappa shape index (κ1) is 25.7. The lowest BCUT2D eigenvalue weighted by Crippen LogP contribution is -2.14. The van der Waals surface area contributed by atoms with E-state index in [0.29, 0.717) is 29.4 Å². The van der Waals surface area contributed by atoms with E-state index >= 15 is 0 Å². The van der Waals surface area contributed by atoms with E-state index in [9.17, 15) is 8.68 Å². The molecule has 0 unspecified atom stereocenters. The van der Waals surface area contributed by atoms with Crippen LogP contribution in [0.1, 0.15) is 54.1 Å². The van der Waals surface area contributed by atoms with E-state index < -0.39 is 0 Å². The van der Waals surface area contributed by atoms with Gasteiger partial charge in [0.15, 0.2) is 18.2 Å². The van der Waals surface area contributed by atoms with E-state index in [4.69, 9.17) is 11.6 Å². The highest BCUT2D eigenvalue weighted by molar-refractivity contribution is 7.92. The molecule has 0 radical (unpaired) electrons. The fourth-order valence-electron chi connectivity index (χ4n) is 4.00. The van der Waals surface area contributed by atoms with Crippen LogP contribution in [-0.4, -0.2) is 25.5 Å². The van der Waals surface area contributed by atoms with Crippen molar-refractivity contribution in [3.8, 4) is 0 Å². The van der Waals surface area contributed by atoms with E-state index in [1.54, 1.807) is 12.4 Å². The van der Waals surface area contributed by atoms with Crippen molar-refractivity contribution < 1.29 is 8.68 Å². The van der Waals surface area contributed by atoms with Gasteiger partial charge in [0.05, 0.1) is 17.8 Å². The molecule has 0 atom stereocenters. The number of benzene rings is 2. The fraction of sp³-hybridized carbons (Fsp3) is 0.222. The molecule has 4 aromatic rings. The number of fused-ring (bicyclic) bond motifs is 1. The Bertz CT molecular complexity index is 1410. The number of carbonyl (C=O) groups is 1. The zero-order chi connectivity index (χ0) is 25.5. The zero-order valence-corrected chi connectivity index (χ0v) is 21.7. The molecule has 1 N–H and O–H groups in total. The van der Waals surface area contributed by atoms with Gasteiger partial charge >= 0.3 is 0 Å². The quantitative estimate of drug-likeness (QED) is 0.253. The maximum Gasteiger partial charge on any atom is 0.231 e. The van der Waals surface area contributed by atoms with Crippen molar-refractivity contribution in [2.75, 3.05) is 0 Å². The van der Waals surface area contributed by atoms with Crippen LogP contribution in [0.4, 0.5) is 3.89 Å². The number of aromatic nitrogens is 3. The summed E-state index contributed by atoms with van der Waals surface area (Å²) in [7, 11) is 0. The van der Waals surface area contributed by atoms with Crippen molar-refractivity contribution in [3.05, 3.63) is 100 Å². The van der Waals surface area contributed by atoms with Gasteiger partial charge in [0.1, 0.15) is 0 Å². The zero-order valence-electron chi connectivity index (χ0n) is 20.1. The number of rotatable bonds is 8. The molecule has 36 heavy (non-hydrogen) atoms. The van der Waals surface area contributed by atoms with Crippen LogP contribution in [0.2, 0.25) is 5.02 Å². The second-order valence-corrected chi connectivity index (χ2v) is 8.94. The van der Waals surface area contributed by atoms with Crippen LogP contribution in [0.25, 0.3) is 10.9 Å². The number of carbonyl (C=O) groups excluding carboxylic acids is 1. The number of aliphatic imine (C=N–C) groups is 1. The first-order valence-electron chi connectivity index (χ1n) is 11.8. The fourth-order valence-corrected chi connectivity index (χ4v) is 4.48. The molecule has 186 valence electrons. The van der Waals surface area contributed by atoms with Crippen molar-refractivity contribution in [2.45, 2.75) is 39.8 Å². The Hall–Kier alpha value is -3.36. The van der Waals surface area contributed by atoms with Gasteiger partial charge in [0.2, 0.25) is 5.78 Å². The van der Waals surface area contributed by atoms with Crippen LogP contribution in [0.15, 0.2) is 77.8 Å². The average Bonchev–Trinajstić information content (AvgIpc) is 3.52. The van der Waals surface area contributed by atoms with Crippen molar-refractivity contribution in [2.24, 2.45) is 4.99 Å². The van der Waals surface area contributed by atoms with E-state index in [2.05, 4.69) is 15.3 Å². The van der Waals surface area contributed by atoms with Gasteiger partial charge < -0.3 is 9.88 Å². The van der Waals surface area contributed by atoms with Crippen LogP contribution in [-0.2, 0) is 13.1 Å². The maximum atomic E-state index is 13.7. The maximum absolute atomic E-state index is 13.7. The molecule has 0 spiro atoms. The Morgan fingerprint density at radius 2 is 1.92 bits per heavy atom. The molecular formula is C27H27ClFN5OS. The monoisotopic (exact) mass is 523 g/mol. The number of ketones is 1. The lowest BCUT2D eigenvalue weighted by molar-refractivity contribution is 0.103. The third-order valence-electron chi connectivity index (χ3n) is 5.68. The van der Waals surface area contributed by atoms with Crippen LogP contribution >= 0.6 is 23.9 Å². The van der Waals surface area contributed by atoms with Crippen LogP contribution in [0.3, 0.4) is 0 Å². The Morgan fingerprint density at radius 3 is 2.64 bits per heavy atom. The highest BCUT2D eigenvalue weighted by Crippen LogP contribution is 2.26. The van der Waals surface area contributed by atoms with Crippen molar-refractivity contribution in [1.29, 1.82) is 0 Å². The number of hydrogen-bond donors (Lipinski definition) is 1. The molecule has 0 bridgehead atoms. The minimum atomic E-state index is -0.330. The van der Waals surface area contributed by atoms with Gasteiger partial charge in [-0.2, -0.15) is 0 Å².